The van der Waals surface area contributed by atoms with E-state index >= 15 is 0 Å². The maximum atomic E-state index is 12.8. The van der Waals surface area contributed by atoms with Crippen LogP contribution in [0, 0.1) is 5.92 Å². The first kappa shape index (κ1) is 15.7. The Labute approximate surface area is 149 Å². The highest BCUT2D eigenvalue weighted by Crippen LogP contribution is 2.30. The lowest BCUT2D eigenvalue weighted by Gasteiger charge is -2.29. The molecule has 2 amide bonds. The van der Waals surface area contributed by atoms with Crippen molar-refractivity contribution in [3.63, 3.8) is 0 Å². The first-order chi connectivity index (χ1) is 11.6. The van der Waals surface area contributed by atoms with Crippen molar-refractivity contribution in [1.29, 1.82) is 0 Å². The lowest BCUT2D eigenvalue weighted by molar-refractivity contribution is -0.136. The van der Waals surface area contributed by atoms with Gasteiger partial charge in [0, 0.05) is 41.6 Å². The number of nitrogens with zero attached hydrogens (tertiary/aromatic N) is 2. The van der Waals surface area contributed by atoms with Crippen LogP contribution < -0.4 is 4.90 Å². The van der Waals surface area contributed by atoms with E-state index in [1.807, 2.05) is 17.0 Å². The number of carbonyl (C=O) groups is 2. The molecule has 24 heavy (non-hydrogen) atoms. The quantitative estimate of drug-likeness (QED) is 0.824. The zero-order valence-electron chi connectivity index (χ0n) is 13.1. The standard InChI is InChI=1S/C18H17ClN2O2S/c19-14-1-3-15(4-2-14)21-11-13(9-17(21)22)18(23)20-7-5-16-12(10-20)6-8-24-16/h1-4,6,8,13H,5,7,9-11H2. The molecule has 0 bridgehead atoms. The fourth-order valence-corrected chi connectivity index (χ4v) is 4.45. The highest BCUT2D eigenvalue weighted by atomic mass is 35.5. The normalized spacial score (nSPS) is 20.4. The summed E-state index contributed by atoms with van der Waals surface area (Å²) in [7, 11) is 0. The average Bonchev–Trinajstić information content (AvgIpc) is 3.20. The molecule has 1 atom stereocenters. The monoisotopic (exact) mass is 360 g/mol. The molecule has 0 N–H and O–H groups in total. The third-order valence-corrected chi connectivity index (χ3v) is 6.01. The predicted molar refractivity (Wildman–Crippen MR) is 95.4 cm³/mol. The van der Waals surface area contributed by atoms with Crippen molar-refractivity contribution in [3.8, 4) is 0 Å². The van der Waals surface area contributed by atoms with Crippen molar-refractivity contribution in [2.24, 2.45) is 5.92 Å². The highest BCUT2D eigenvalue weighted by molar-refractivity contribution is 7.10. The first-order valence-corrected chi connectivity index (χ1v) is 9.27. The van der Waals surface area contributed by atoms with Crippen molar-refractivity contribution in [2.75, 3.05) is 18.0 Å². The number of anilines is 1. The molecule has 4 rings (SSSR count). The van der Waals surface area contributed by atoms with Gasteiger partial charge >= 0.3 is 0 Å². The molecular formula is C18H17ClN2O2S. The van der Waals surface area contributed by atoms with Crippen molar-refractivity contribution >= 4 is 40.4 Å². The molecule has 1 aromatic carbocycles. The maximum Gasteiger partial charge on any atom is 0.228 e. The third kappa shape index (κ3) is 2.82. The summed E-state index contributed by atoms with van der Waals surface area (Å²) in [5, 5.41) is 2.72. The van der Waals surface area contributed by atoms with Gasteiger partial charge in [-0.15, -0.1) is 11.3 Å². The first-order valence-electron chi connectivity index (χ1n) is 8.02. The summed E-state index contributed by atoms with van der Waals surface area (Å²) in [6.45, 7) is 1.87. The van der Waals surface area contributed by atoms with E-state index in [2.05, 4.69) is 11.4 Å². The molecule has 0 saturated carbocycles. The number of halogens is 1. The Balaban J connectivity index is 1.47. The molecular weight excluding hydrogens is 344 g/mol. The predicted octanol–water partition coefficient (Wildman–Crippen LogP) is 3.34. The summed E-state index contributed by atoms with van der Waals surface area (Å²) >= 11 is 7.66. The fraction of sp³-hybridized carbons (Fsp3) is 0.333. The summed E-state index contributed by atoms with van der Waals surface area (Å²) in [4.78, 5) is 30.1. The summed E-state index contributed by atoms with van der Waals surface area (Å²) < 4.78 is 0. The van der Waals surface area contributed by atoms with Gasteiger partial charge in [-0.1, -0.05) is 11.6 Å². The Kier molecular flexibility index (Phi) is 4.06. The number of carbonyl (C=O) groups excluding carboxylic acids is 2. The Morgan fingerprint density at radius 3 is 2.79 bits per heavy atom. The molecule has 124 valence electrons. The van der Waals surface area contributed by atoms with Gasteiger partial charge in [-0.3, -0.25) is 9.59 Å². The van der Waals surface area contributed by atoms with Gasteiger partial charge in [0.05, 0.1) is 5.92 Å². The average molecular weight is 361 g/mol. The summed E-state index contributed by atoms with van der Waals surface area (Å²) in [5.41, 5.74) is 2.05. The molecule has 0 aliphatic carbocycles. The minimum absolute atomic E-state index is 0.00362. The van der Waals surface area contributed by atoms with Crippen molar-refractivity contribution in [2.45, 2.75) is 19.4 Å². The van der Waals surface area contributed by atoms with E-state index in [9.17, 15) is 9.59 Å². The lowest BCUT2D eigenvalue weighted by Crippen LogP contribution is -2.40. The Morgan fingerprint density at radius 1 is 1.21 bits per heavy atom. The molecule has 1 aromatic heterocycles. The maximum absolute atomic E-state index is 12.8. The van der Waals surface area contributed by atoms with Gasteiger partial charge in [0.1, 0.15) is 0 Å². The fourth-order valence-electron chi connectivity index (χ4n) is 3.44. The molecule has 1 fully saturated rings. The molecule has 0 radical (unpaired) electrons. The van der Waals surface area contributed by atoms with Crippen molar-refractivity contribution < 1.29 is 9.59 Å². The van der Waals surface area contributed by atoms with Crippen LogP contribution in [0.5, 0.6) is 0 Å². The summed E-state index contributed by atoms with van der Waals surface area (Å²) in [6, 6.07) is 9.28. The van der Waals surface area contributed by atoms with Crippen LogP contribution in [-0.4, -0.2) is 29.8 Å². The topological polar surface area (TPSA) is 40.6 Å². The van der Waals surface area contributed by atoms with E-state index in [4.69, 9.17) is 11.6 Å². The molecule has 2 aromatic rings. The van der Waals surface area contributed by atoms with E-state index in [1.165, 1.54) is 10.4 Å². The Bertz CT molecular complexity index is 787. The number of hydrogen-bond acceptors (Lipinski definition) is 3. The summed E-state index contributed by atoms with van der Waals surface area (Å²) in [6.07, 6.45) is 1.20. The minimum atomic E-state index is -0.256. The van der Waals surface area contributed by atoms with E-state index < -0.39 is 0 Å². The van der Waals surface area contributed by atoms with Crippen LogP contribution in [0.2, 0.25) is 5.02 Å². The van der Waals surface area contributed by atoms with Crippen molar-refractivity contribution in [3.05, 3.63) is 51.2 Å². The number of benzene rings is 1. The number of rotatable bonds is 2. The van der Waals surface area contributed by atoms with Gasteiger partial charge in [-0.05, 0) is 47.7 Å². The van der Waals surface area contributed by atoms with Crippen LogP contribution in [0.3, 0.4) is 0 Å². The van der Waals surface area contributed by atoms with Gasteiger partial charge in [0.15, 0.2) is 0 Å². The SMILES string of the molecule is O=C(C1CC(=O)N(c2ccc(Cl)cc2)C1)N1CCc2sccc2C1. The van der Waals surface area contributed by atoms with Gasteiger partial charge in [0.25, 0.3) is 0 Å². The summed E-state index contributed by atoms with van der Waals surface area (Å²) in [5.74, 6) is -0.158. The van der Waals surface area contributed by atoms with Crippen LogP contribution in [0.25, 0.3) is 0 Å². The second-order valence-electron chi connectivity index (χ2n) is 6.26. The molecule has 4 nitrogen and oxygen atoms in total. The third-order valence-electron chi connectivity index (χ3n) is 4.73. The smallest absolute Gasteiger partial charge is 0.228 e. The van der Waals surface area contributed by atoms with E-state index in [-0.39, 0.29) is 24.2 Å². The van der Waals surface area contributed by atoms with E-state index in [1.54, 1.807) is 28.4 Å². The number of thiophene rings is 1. The molecule has 2 aliphatic heterocycles. The molecule has 1 unspecified atom stereocenters. The molecule has 6 heteroatoms. The van der Waals surface area contributed by atoms with E-state index in [0.29, 0.717) is 18.1 Å². The Hall–Kier alpha value is -1.85. The number of fused-ring (bicyclic) bond motifs is 1. The number of hydrogen-bond donors (Lipinski definition) is 0. The van der Waals surface area contributed by atoms with Gasteiger partial charge in [0.2, 0.25) is 11.8 Å². The van der Waals surface area contributed by atoms with Crippen LogP contribution in [-0.2, 0) is 22.6 Å². The zero-order chi connectivity index (χ0) is 16.7. The van der Waals surface area contributed by atoms with Crippen LogP contribution >= 0.6 is 22.9 Å². The van der Waals surface area contributed by atoms with Gasteiger partial charge < -0.3 is 9.80 Å². The zero-order valence-corrected chi connectivity index (χ0v) is 14.6. The van der Waals surface area contributed by atoms with Crippen LogP contribution in [0.15, 0.2) is 35.7 Å². The van der Waals surface area contributed by atoms with Gasteiger partial charge in [-0.25, -0.2) is 0 Å². The van der Waals surface area contributed by atoms with Crippen LogP contribution in [0.4, 0.5) is 5.69 Å². The second-order valence-corrected chi connectivity index (χ2v) is 7.70. The van der Waals surface area contributed by atoms with Crippen LogP contribution in [0.1, 0.15) is 16.9 Å². The highest BCUT2D eigenvalue weighted by Gasteiger charge is 2.37. The molecule has 2 aliphatic rings. The minimum Gasteiger partial charge on any atom is -0.338 e. The molecule has 1 saturated heterocycles. The molecule has 3 heterocycles. The molecule has 0 spiro atoms. The van der Waals surface area contributed by atoms with E-state index in [0.717, 1.165) is 18.7 Å². The van der Waals surface area contributed by atoms with Gasteiger partial charge in [-0.2, -0.15) is 0 Å². The lowest BCUT2D eigenvalue weighted by atomic mass is 10.0. The largest absolute Gasteiger partial charge is 0.338 e. The Morgan fingerprint density at radius 2 is 2.00 bits per heavy atom. The number of amides is 2. The second kappa shape index (κ2) is 6.22. The van der Waals surface area contributed by atoms with Crippen molar-refractivity contribution in [1.82, 2.24) is 4.90 Å².